The van der Waals surface area contributed by atoms with Crippen LogP contribution in [-0.2, 0) is 21.1 Å². The Balaban J connectivity index is 0.00000784. The predicted molar refractivity (Wildman–Crippen MR) is 130 cm³/mol. The first-order valence-electron chi connectivity index (χ1n) is 9.64. The number of guanidine groups is 1. The van der Waals surface area contributed by atoms with E-state index in [1.165, 1.54) is 0 Å². The summed E-state index contributed by atoms with van der Waals surface area (Å²) in [6.07, 6.45) is 0.845. The lowest BCUT2D eigenvalue weighted by atomic mass is 10.2. The van der Waals surface area contributed by atoms with Gasteiger partial charge in [0.25, 0.3) is 0 Å². The molecule has 0 atom stereocenters. The number of benzene rings is 1. The number of halogens is 1. The number of methoxy groups -OCH3 is 1. The molecule has 0 fully saturated rings. The smallest absolute Gasteiger partial charge is 0.191 e. The second kappa shape index (κ2) is 14.0. The van der Waals surface area contributed by atoms with Crippen LogP contribution in [0.5, 0.6) is 5.75 Å². The minimum Gasteiger partial charge on any atom is -0.497 e. The van der Waals surface area contributed by atoms with Gasteiger partial charge in [-0.3, -0.25) is 0 Å². The Morgan fingerprint density at radius 2 is 1.72 bits per heavy atom. The summed E-state index contributed by atoms with van der Waals surface area (Å²) in [6, 6.07) is 7.70. The minimum absolute atomic E-state index is 0. The van der Waals surface area contributed by atoms with Gasteiger partial charge >= 0.3 is 0 Å². The van der Waals surface area contributed by atoms with Crippen molar-refractivity contribution < 1.29 is 17.9 Å². The van der Waals surface area contributed by atoms with Crippen molar-refractivity contribution in [3.05, 3.63) is 29.8 Å². The van der Waals surface area contributed by atoms with Gasteiger partial charge in [-0.2, -0.15) is 0 Å². The van der Waals surface area contributed by atoms with Crippen LogP contribution in [0.2, 0.25) is 0 Å². The van der Waals surface area contributed by atoms with E-state index >= 15 is 0 Å². The summed E-state index contributed by atoms with van der Waals surface area (Å²) in [5, 5.41) is 6.36. The number of hydrogen-bond donors (Lipinski definition) is 2. The van der Waals surface area contributed by atoms with Crippen LogP contribution in [-0.4, -0.2) is 58.3 Å². The molecule has 0 aliphatic heterocycles. The molecule has 0 spiro atoms. The Morgan fingerprint density at radius 1 is 1.10 bits per heavy atom. The second-order valence-corrected chi connectivity index (χ2v) is 10.2. The molecule has 9 heteroatoms. The van der Waals surface area contributed by atoms with E-state index in [9.17, 15) is 8.42 Å². The number of sulfone groups is 1. The average molecular weight is 541 g/mol. The molecule has 1 rings (SSSR count). The van der Waals surface area contributed by atoms with Gasteiger partial charge < -0.3 is 20.1 Å². The SMILES string of the molecule is CCOCCCNC(=NCc1ccc(OC)cc1)NCCS(=O)(=O)C(C)(C)C.I. The molecule has 0 aromatic heterocycles. The van der Waals surface area contributed by atoms with Gasteiger partial charge in [0.2, 0.25) is 0 Å². The van der Waals surface area contributed by atoms with Crippen molar-refractivity contribution in [2.75, 3.05) is 39.2 Å². The van der Waals surface area contributed by atoms with Crippen LogP contribution in [0.3, 0.4) is 0 Å². The van der Waals surface area contributed by atoms with E-state index in [1.54, 1.807) is 27.9 Å². The highest BCUT2D eigenvalue weighted by atomic mass is 127. The van der Waals surface area contributed by atoms with E-state index in [1.807, 2.05) is 31.2 Å². The molecule has 1 aromatic carbocycles. The van der Waals surface area contributed by atoms with E-state index in [0.717, 1.165) is 17.7 Å². The highest BCUT2D eigenvalue weighted by molar-refractivity contribution is 14.0. The largest absolute Gasteiger partial charge is 0.497 e. The maximum atomic E-state index is 12.3. The molecule has 0 heterocycles. The van der Waals surface area contributed by atoms with Gasteiger partial charge in [-0.25, -0.2) is 13.4 Å². The van der Waals surface area contributed by atoms with Crippen LogP contribution in [0.1, 0.15) is 39.7 Å². The average Bonchev–Trinajstić information content (AvgIpc) is 2.64. The third-order valence-electron chi connectivity index (χ3n) is 4.14. The molecule has 0 saturated carbocycles. The minimum atomic E-state index is -3.18. The Hall–Kier alpha value is -1.07. The number of rotatable bonds is 11. The van der Waals surface area contributed by atoms with Crippen LogP contribution in [0, 0.1) is 0 Å². The number of hydrogen-bond acceptors (Lipinski definition) is 5. The molecule has 0 radical (unpaired) electrons. The van der Waals surface area contributed by atoms with Crippen molar-refractivity contribution >= 4 is 39.8 Å². The first-order valence-corrected chi connectivity index (χ1v) is 11.3. The Morgan fingerprint density at radius 3 is 2.28 bits per heavy atom. The van der Waals surface area contributed by atoms with Gasteiger partial charge in [0.15, 0.2) is 15.8 Å². The molecule has 29 heavy (non-hydrogen) atoms. The Kier molecular flexibility index (Phi) is 13.5. The molecule has 0 aliphatic carbocycles. The van der Waals surface area contributed by atoms with Crippen molar-refractivity contribution in [1.29, 1.82) is 0 Å². The Bertz CT molecular complexity index is 701. The van der Waals surface area contributed by atoms with E-state index in [0.29, 0.717) is 38.8 Å². The summed E-state index contributed by atoms with van der Waals surface area (Å²) in [5.41, 5.74) is 1.04. The molecule has 0 aliphatic rings. The van der Waals surface area contributed by atoms with Gasteiger partial charge in [-0.05, 0) is 51.8 Å². The lowest BCUT2D eigenvalue weighted by Gasteiger charge is -2.20. The number of nitrogens with zero attached hydrogens (tertiary/aromatic N) is 1. The summed E-state index contributed by atoms with van der Waals surface area (Å²) in [4.78, 5) is 4.57. The summed E-state index contributed by atoms with van der Waals surface area (Å²) in [5.74, 6) is 1.45. The molecule has 1 aromatic rings. The van der Waals surface area contributed by atoms with Crippen LogP contribution in [0.15, 0.2) is 29.3 Å². The van der Waals surface area contributed by atoms with Crippen LogP contribution >= 0.6 is 24.0 Å². The van der Waals surface area contributed by atoms with Crippen molar-refractivity contribution in [1.82, 2.24) is 10.6 Å². The van der Waals surface area contributed by atoms with Gasteiger partial charge in [0.1, 0.15) is 5.75 Å². The van der Waals surface area contributed by atoms with Gasteiger partial charge in [0.05, 0.1) is 24.2 Å². The molecule has 0 amide bonds. The lowest BCUT2D eigenvalue weighted by molar-refractivity contribution is 0.145. The zero-order chi connectivity index (χ0) is 21.0. The molecule has 168 valence electrons. The maximum Gasteiger partial charge on any atom is 0.191 e. The van der Waals surface area contributed by atoms with Crippen molar-refractivity contribution in [3.63, 3.8) is 0 Å². The summed E-state index contributed by atoms with van der Waals surface area (Å²) in [6.45, 7) is 9.96. The fourth-order valence-electron chi connectivity index (χ4n) is 2.21. The van der Waals surface area contributed by atoms with Crippen molar-refractivity contribution in [2.45, 2.75) is 45.4 Å². The van der Waals surface area contributed by atoms with E-state index < -0.39 is 14.6 Å². The normalized spacial score (nSPS) is 12.2. The zero-order valence-electron chi connectivity index (χ0n) is 18.2. The molecule has 0 saturated heterocycles. The fraction of sp³-hybridized carbons (Fsp3) is 0.650. The van der Waals surface area contributed by atoms with Crippen LogP contribution in [0.25, 0.3) is 0 Å². The van der Waals surface area contributed by atoms with Crippen LogP contribution in [0.4, 0.5) is 0 Å². The summed E-state index contributed by atoms with van der Waals surface area (Å²) < 4.78 is 34.3. The molecule has 2 N–H and O–H groups in total. The van der Waals surface area contributed by atoms with Gasteiger partial charge in [-0.15, -0.1) is 24.0 Å². The van der Waals surface area contributed by atoms with Crippen molar-refractivity contribution in [3.8, 4) is 5.75 Å². The lowest BCUT2D eigenvalue weighted by Crippen LogP contribution is -2.42. The quantitative estimate of drug-likeness (QED) is 0.194. The van der Waals surface area contributed by atoms with E-state index in [4.69, 9.17) is 9.47 Å². The topological polar surface area (TPSA) is 89.0 Å². The molecule has 7 nitrogen and oxygen atoms in total. The Labute approximate surface area is 193 Å². The number of nitrogens with one attached hydrogen (secondary N) is 2. The van der Waals surface area contributed by atoms with Gasteiger partial charge in [-0.1, -0.05) is 12.1 Å². The predicted octanol–water partition coefficient (Wildman–Crippen LogP) is 2.99. The monoisotopic (exact) mass is 541 g/mol. The molecular formula is C20H36IN3O4S. The fourth-order valence-corrected chi connectivity index (χ4v) is 3.19. The molecular weight excluding hydrogens is 505 g/mol. The third kappa shape index (κ3) is 11.0. The molecule has 0 unspecified atom stereocenters. The standard InChI is InChI=1S/C20H35N3O4S.HI/c1-6-27-14-7-12-21-19(22-13-15-28(24,25)20(2,3)4)23-16-17-8-10-18(26-5)11-9-17;/h8-11H,6-7,12-16H2,1-5H3,(H2,21,22,23);1H. The number of ether oxygens (including phenoxy) is 2. The van der Waals surface area contributed by atoms with Crippen LogP contribution < -0.4 is 15.4 Å². The summed E-state index contributed by atoms with van der Waals surface area (Å²) in [7, 11) is -1.55. The first kappa shape index (κ1) is 27.9. The highest BCUT2D eigenvalue weighted by Gasteiger charge is 2.28. The second-order valence-electron chi connectivity index (χ2n) is 7.35. The van der Waals surface area contributed by atoms with Crippen molar-refractivity contribution in [2.24, 2.45) is 4.99 Å². The highest BCUT2D eigenvalue weighted by Crippen LogP contribution is 2.15. The van der Waals surface area contributed by atoms with E-state index in [2.05, 4.69) is 15.6 Å². The zero-order valence-corrected chi connectivity index (χ0v) is 21.3. The third-order valence-corrected chi connectivity index (χ3v) is 6.74. The molecule has 0 bridgehead atoms. The number of aliphatic imine (C=N–C) groups is 1. The first-order chi connectivity index (χ1) is 13.2. The maximum absolute atomic E-state index is 12.3. The summed E-state index contributed by atoms with van der Waals surface area (Å²) >= 11 is 0. The van der Waals surface area contributed by atoms with Gasteiger partial charge in [0, 0.05) is 26.3 Å². The van der Waals surface area contributed by atoms with E-state index in [-0.39, 0.29) is 29.7 Å².